The van der Waals surface area contributed by atoms with Crippen LogP contribution in [0.25, 0.3) is 0 Å². The van der Waals surface area contributed by atoms with E-state index < -0.39 is 0 Å². The van der Waals surface area contributed by atoms with Crippen LogP contribution in [-0.2, 0) is 4.74 Å². The van der Waals surface area contributed by atoms with Gasteiger partial charge in [-0.25, -0.2) is 0 Å². The summed E-state index contributed by atoms with van der Waals surface area (Å²) < 4.78 is 6.45. The zero-order chi connectivity index (χ0) is 17.2. The second-order valence-corrected chi connectivity index (χ2v) is 9.71. The Balaban J connectivity index is 1.52. The lowest BCUT2D eigenvalue weighted by molar-refractivity contribution is -0.131. The molecule has 138 valence electrons. The summed E-state index contributed by atoms with van der Waals surface area (Å²) in [5, 5.41) is 10.1. The van der Waals surface area contributed by atoms with Gasteiger partial charge in [-0.3, -0.25) is 0 Å². The molecule has 3 saturated carbocycles. The zero-order valence-corrected chi connectivity index (χ0v) is 15.9. The molecule has 25 heavy (non-hydrogen) atoms. The molecule has 5 rings (SSSR count). The Kier molecular flexibility index (Phi) is 3.77. The van der Waals surface area contributed by atoms with Crippen LogP contribution < -0.4 is 0 Å². The van der Waals surface area contributed by atoms with E-state index in [9.17, 15) is 5.11 Å². The summed E-state index contributed by atoms with van der Waals surface area (Å²) in [5.41, 5.74) is 2.03. The molecule has 0 aromatic heterocycles. The lowest BCUT2D eigenvalue weighted by Gasteiger charge is -2.58. The Labute approximate surface area is 152 Å². The predicted octanol–water partition coefficient (Wildman–Crippen LogP) is 4.88. The molecule has 0 radical (unpaired) electrons. The van der Waals surface area contributed by atoms with Gasteiger partial charge >= 0.3 is 0 Å². The predicted molar refractivity (Wildman–Crippen MR) is 100 cm³/mol. The maximum Gasteiger partial charge on any atom is 0.0926 e. The van der Waals surface area contributed by atoms with Crippen LogP contribution in [0.5, 0.6) is 0 Å². The molecule has 2 heteroatoms. The van der Waals surface area contributed by atoms with Crippen molar-refractivity contribution in [1.29, 1.82) is 0 Å². The van der Waals surface area contributed by atoms with Gasteiger partial charge in [-0.15, -0.1) is 0 Å². The fraction of sp³-hybridized carbons (Fsp3) is 0.826. The lowest BCUT2D eigenvalue weighted by Crippen LogP contribution is -2.55. The van der Waals surface area contributed by atoms with Crippen LogP contribution in [0.2, 0.25) is 0 Å². The number of hydrogen-bond acceptors (Lipinski definition) is 2. The number of aliphatic hydroxyl groups is 1. The van der Waals surface area contributed by atoms with E-state index in [2.05, 4.69) is 32.1 Å². The summed E-state index contributed by atoms with van der Waals surface area (Å²) in [6, 6.07) is 0. The lowest BCUT2D eigenvalue weighted by atomic mass is 9.47. The van der Waals surface area contributed by atoms with Crippen LogP contribution in [0, 0.1) is 35.0 Å². The van der Waals surface area contributed by atoms with Gasteiger partial charge in [-0.2, -0.15) is 0 Å². The minimum Gasteiger partial charge on any atom is -0.389 e. The first-order chi connectivity index (χ1) is 12.1. The number of allylic oxidation sites excluding steroid dienone is 1. The monoisotopic (exact) mass is 342 g/mol. The van der Waals surface area contributed by atoms with Crippen molar-refractivity contribution >= 4 is 0 Å². The van der Waals surface area contributed by atoms with E-state index in [1.54, 1.807) is 5.57 Å². The van der Waals surface area contributed by atoms with Crippen molar-refractivity contribution in [2.45, 2.75) is 76.9 Å². The molecule has 4 aliphatic carbocycles. The second-order valence-electron chi connectivity index (χ2n) is 9.71. The van der Waals surface area contributed by atoms with Crippen molar-refractivity contribution < 1.29 is 9.84 Å². The zero-order valence-electron chi connectivity index (χ0n) is 15.9. The van der Waals surface area contributed by atoms with Crippen molar-refractivity contribution in [3.8, 4) is 0 Å². The summed E-state index contributed by atoms with van der Waals surface area (Å²) in [4.78, 5) is 0. The number of ether oxygens (including phenoxy) is 1. The molecule has 1 unspecified atom stereocenters. The minimum atomic E-state index is -0.180. The highest BCUT2D eigenvalue weighted by Gasteiger charge is 2.65. The molecule has 1 aliphatic heterocycles. The molecule has 1 N–H and O–H groups in total. The average Bonchev–Trinajstić information content (AvgIpc) is 3.21. The van der Waals surface area contributed by atoms with Gasteiger partial charge in [0.05, 0.1) is 18.3 Å². The molecule has 5 aliphatic rings. The molecular weight excluding hydrogens is 308 g/mol. The van der Waals surface area contributed by atoms with Gasteiger partial charge in [0.2, 0.25) is 0 Å². The SMILES string of the molecule is CC[C@]12CC[C@H]3[C@@H]([C@H](C)CC4=CC(O)CC[C@@H]43)[C@@H]1CC[C@@]21C=CCO1. The number of rotatable bonds is 1. The van der Waals surface area contributed by atoms with Crippen LogP contribution in [0.15, 0.2) is 23.8 Å². The number of aliphatic hydroxyl groups excluding tert-OH is 1. The molecule has 0 saturated heterocycles. The molecule has 0 aromatic carbocycles. The summed E-state index contributed by atoms with van der Waals surface area (Å²) >= 11 is 0. The summed E-state index contributed by atoms with van der Waals surface area (Å²) in [6.07, 6.45) is 16.8. The molecule has 1 spiro atoms. The van der Waals surface area contributed by atoms with E-state index in [0.717, 1.165) is 42.6 Å². The quantitative estimate of drug-likeness (QED) is 0.688. The van der Waals surface area contributed by atoms with E-state index >= 15 is 0 Å². The number of hydrogen-bond donors (Lipinski definition) is 1. The van der Waals surface area contributed by atoms with E-state index in [0.29, 0.717) is 5.41 Å². The van der Waals surface area contributed by atoms with Gasteiger partial charge in [0.15, 0.2) is 0 Å². The summed E-state index contributed by atoms with van der Waals surface area (Å²) in [5.74, 6) is 4.07. The van der Waals surface area contributed by atoms with Gasteiger partial charge in [0, 0.05) is 5.41 Å². The third-order valence-corrected chi connectivity index (χ3v) is 9.10. The van der Waals surface area contributed by atoms with Crippen molar-refractivity contribution in [3.05, 3.63) is 23.8 Å². The van der Waals surface area contributed by atoms with Crippen LogP contribution in [-0.4, -0.2) is 23.4 Å². The highest BCUT2D eigenvalue weighted by Crippen LogP contribution is 2.68. The van der Waals surface area contributed by atoms with E-state index in [-0.39, 0.29) is 11.7 Å². The smallest absolute Gasteiger partial charge is 0.0926 e. The highest BCUT2D eigenvalue weighted by atomic mass is 16.5. The molecule has 0 amide bonds. The van der Waals surface area contributed by atoms with E-state index in [1.165, 1.54) is 44.9 Å². The third-order valence-electron chi connectivity index (χ3n) is 9.10. The van der Waals surface area contributed by atoms with Gasteiger partial charge in [0.25, 0.3) is 0 Å². The van der Waals surface area contributed by atoms with Gasteiger partial charge in [0.1, 0.15) is 0 Å². The fourth-order valence-corrected chi connectivity index (χ4v) is 8.26. The van der Waals surface area contributed by atoms with E-state index in [1.807, 2.05) is 0 Å². The average molecular weight is 343 g/mol. The Morgan fingerprint density at radius 3 is 2.84 bits per heavy atom. The van der Waals surface area contributed by atoms with E-state index in [4.69, 9.17) is 4.74 Å². The largest absolute Gasteiger partial charge is 0.389 e. The Bertz CT molecular complexity index is 607. The van der Waals surface area contributed by atoms with Gasteiger partial charge in [-0.05, 0) is 81.0 Å². The van der Waals surface area contributed by atoms with Crippen LogP contribution >= 0.6 is 0 Å². The maximum absolute atomic E-state index is 10.1. The molecular formula is C23H34O2. The van der Waals surface area contributed by atoms with Crippen molar-refractivity contribution in [2.75, 3.05) is 6.61 Å². The summed E-state index contributed by atoms with van der Waals surface area (Å²) in [6.45, 7) is 5.75. The summed E-state index contributed by atoms with van der Waals surface area (Å²) in [7, 11) is 0. The van der Waals surface area contributed by atoms with Crippen molar-refractivity contribution in [3.63, 3.8) is 0 Å². The minimum absolute atomic E-state index is 0.0516. The highest BCUT2D eigenvalue weighted by molar-refractivity contribution is 5.27. The van der Waals surface area contributed by atoms with Gasteiger partial charge in [-0.1, -0.05) is 37.6 Å². The van der Waals surface area contributed by atoms with Gasteiger partial charge < -0.3 is 9.84 Å². The standard InChI is InChI=1S/C23H34O2/c1-3-22-10-7-19-18-6-5-17(24)14-16(18)13-15(2)21(19)20(22)8-11-23(22)9-4-12-25-23/h4,9,14-15,17-21,24H,3,5-8,10-13H2,1-2H3/t15-,17?,18+,19-,20+,21-,22+,23+/m1/s1. The van der Waals surface area contributed by atoms with Crippen molar-refractivity contribution in [2.24, 2.45) is 35.0 Å². The van der Waals surface area contributed by atoms with Crippen molar-refractivity contribution in [1.82, 2.24) is 0 Å². The molecule has 1 heterocycles. The fourth-order valence-electron chi connectivity index (χ4n) is 8.26. The normalized spacial score (nSPS) is 54.1. The maximum atomic E-state index is 10.1. The first-order valence-corrected chi connectivity index (χ1v) is 10.8. The first-order valence-electron chi connectivity index (χ1n) is 10.8. The topological polar surface area (TPSA) is 29.5 Å². The Morgan fingerprint density at radius 1 is 1.20 bits per heavy atom. The van der Waals surface area contributed by atoms with Crippen LogP contribution in [0.4, 0.5) is 0 Å². The third kappa shape index (κ3) is 2.10. The molecule has 2 nitrogen and oxygen atoms in total. The molecule has 8 atom stereocenters. The molecule has 3 fully saturated rings. The Hall–Kier alpha value is -0.600. The molecule has 0 aromatic rings. The van der Waals surface area contributed by atoms with Crippen LogP contribution in [0.3, 0.4) is 0 Å². The first kappa shape index (κ1) is 16.6. The van der Waals surface area contributed by atoms with Crippen LogP contribution in [0.1, 0.15) is 65.2 Å². The number of fused-ring (bicyclic) bond motifs is 6. The molecule has 0 bridgehead atoms. The Morgan fingerprint density at radius 2 is 2.08 bits per heavy atom. The second kappa shape index (κ2) is 5.70.